The van der Waals surface area contributed by atoms with E-state index < -0.39 is 0 Å². The first-order valence-corrected chi connectivity index (χ1v) is 9.99. The van der Waals surface area contributed by atoms with Gasteiger partial charge in [0.1, 0.15) is 5.75 Å². The van der Waals surface area contributed by atoms with Crippen LogP contribution < -0.4 is 4.74 Å². The molecule has 3 aromatic carbocycles. The van der Waals surface area contributed by atoms with Crippen LogP contribution in [0.3, 0.4) is 0 Å². The largest absolute Gasteiger partial charge is 0.464 e. The molecule has 0 amide bonds. The van der Waals surface area contributed by atoms with E-state index in [1.807, 2.05) is 54.6 Å². The standard InChI is InChI=1S/C22H16BrClN2O/c23-16-9-10-21-18(12-16)20-13-19(14-5-2-1-3-6-14)25-26(20)22(27-21)15-7-4-8-17(24)11-15/h1-12,20,22H,13H2/t20-,22+/m0/s1. The lowest BCUT2D eigenvalue weighted by molar-refractivity contribution is -0.0190. The molecule has 0 fully saturated rings. The van der Waals surface area contributed by atoms with E-state index in [1.54, 1.807) is 0 Å². The summed E-state index contributed by atoms with van der Waals surface area (Å²) in [5, 5.41) is 7.73. The molecule has 3 aromatic rings. The van der Waals surface area contributed by atoms with E-state index in [0.717, 1.165) is 39.0 Å². The van der Waals surface area contributed by atoms with E-state index in [0.29, 0.717) is 5.02 Å². The first-order valence-electron chi connectivity index (χ1n) is 8.82. The molecule has 2 heterocycles. The van der Waals surface area contributed by atoms with E-state index in [9.17, 15) is 0 Å². The molecule has 2 atom stereocenters. The second-order valence-electron chi connectivity index (χ2n) is 6.72. The number of fused-ring (bicyclic) bond motifs is 3. The zero-order valence-electron chi connectivity index (χ0n) is 14.3. The van der Waals surface area contributed by atoms with Crippen molar-refractivity contribution in [3.05, 3.63) is 99.0 Å². The predicted molar refractivity (Wildman–Crippen MR) is 111 cm³/mol. The molecule has 3 nitrogen and oxygen atoms in total. The van der Waals surface area contributed by atoms with Gasteiger partial charge in [-0.25, -0.2) is 5.01 Å². The molecule has 0 saturated heterocycles. The summed E-state index contributed by atoms with van der Waals surface area (Å²) in [6, 6.07) is 24.4. The van der Waals surface area contributed by atoms with Crippen LogP contribution >= 0.6 is 27.5 Å². The summed E-state index contributed by atoms with van der Waals surface area (Å²) in [6.07, 6.45) is 0.539. The maximum atomic E-state index is 6.37. The number of ether oxygens (including phenoxy) is 1. The second kappa shape index (κ2) is 6.70. The minimum atomic E-state index is -0.302. The molecule has 0 aromatic heterocycles. The fourth-order valence-electron chi connectivity index (χ4n) is 3.74. The zero-order chi connectivity index (χ0) is 18.4. The molecule has 0 saturated carbocycles. The summed E-state index contributed by atoms with van der Waals surface area (Å²) in [4.78, 5) is 0. The lowest BCUT2D eigenvalue weighted by atomic mass is 9.96. The highest BCUT2D eigenvalue weighted by Crippen LogP contribution is 2.48. The van der Waals surface area contributed by atoms with Crippen LogP contribution in [0.15, 0.2) is 82.4 Å². The van der Waals surface area contributed by atoms with Crippen LogP contribution in [0.4, 0.5) is 0 Å². The van der Waals surface area contributed by atoms with Gasteiger partial charge in [0, 0.05) is 27.0 Å². The Morgan fingerprint density at radius 3 is 2.67 bits per heavy atom. The van der Waals surface area contributed by atoms with Gasteiger partial charge >= 0.3 is 0 Å². The monoisotopic (exact) mass is 438 g/mol. The van der Waals surface area contributed by atoms with Crippen LogP contribution in [-0.4, -0.2) is 10.7 Å². The molecule has 2 aliphatic heterocycles. The smallest absolute Gasteiger partial charge is 0.213 e. The number of benzene rings is 3. The van der Waals surface area contributed by atoms with Gasteiger partial charge in [0.2, 0.25) is 6.23 Å². The third-order valence-corrected chi connectivity index (χ3v) is 5.72. The van der Waals surface area contributed by atoms with Crippen molar-refractivity contribution in [2.45, 2.75) is 18.7 Å². The molecule has 5 rings (SSSR count). The van der Waals surface area contributed by atoms with Gasteiger partial charge in [-0.1, -0.05) is 70.0 Å². The van der Waals surface area contributed by atoms with Crippen molar-refractivity contribution in [2.75, 3.05) is 0 Å². The lowest BCUT2D eigenvalue weighted by Gasteiger charge is -2.38. The molecule has 0 unspecified atom stereocenters. The third-order valence-electron chi connectivity index (χ3n) is 4.99. The van der Waals surface area contributed by atoms with E-state index >= 15 is 0 Å². The van der Waals surface area contributed by atoms with Gasteiger partial charge < -0.3 is 4.74 Å². The Bertz CT molecular complexity index is 1040. The van der Waals surface area contributed by atoms with Gasteiger partial charge in [-0.2, -0.15) is 5.10 Å². The van der Waals surface area contributed by atoms with E-state index in [1.165, 1.54) is 0 Å². The molecule has 5 heteroatoms. The number of hydrogen-bond acceptors (Lipinski definition) is 3. The van der Waals surface area contributed by atoms with E-state index in [4.69, 9.17) is 21.4 Å². The van der Waals surface area contributed by atoms with Crippen LogP contribution in [0.25, 0.3) is 0 Å². The molecule has 0 radical (unpaired) electrons. The zero-order valence-corrected chi connectivity index (χ0v) is 16.7. The Kier molecular flexibility index (Phi) is 4.18. The van der Waals surface area contributed by atoms with Gasteiger partial charge in [-0.05, 0) is 35.9 Å². The van der Waals surface area contributed by atoms with Crippen LogP contribution in [-0.2, 0) is 0 Å². The maximum absolute atomic E-state index is 6.37. The predicted octanol–water partition coefficient (Wildman–Crippen LogP) is 6.34. The van der Waals surface area contributed by atoms with Gasteiger partial charge in [-0.15, -0.1) is 0 Å². The number of halogens is 2. The quantitative estimate of drug-likeness (QED) is 0.465. The molecule has 27 heavy (non-hydrogen) atoms. The van der Waals surface area contributed by atoms with Gasteiger partial charge in [0.15, 0.2) is 0 Å². The van der Waals surface area contributed by atoms with Crippen molar-refractivity contribution in [3.8, 4) is 5.75 Å². The highest BCUT2D eigenvalue weighted by atomic mass is 79.9. The van der Waals surface area contributed by atoms with Crippen molar-refractivity contribution in [3.63, 3.8) is 0 Å². The molecule has 0 bridgehead atoms. The number of hydrazone groups is 1. The molecular formula is C22H16BrClN2O. The van der Waals surface area contributed by atoms with Crippen molar-refractivity contribution in [1.29, 1.82) is 0 Å². The topological polar surface area (TPSA) is 24.8 Å². The average molecular weight is 440 g/mol. The van der Waals surface area contributed by atoms with E-state index in [2.05, 4.69) is 39.1 Å². The summed E-state index contributed by atoms with van der Waals surface area (Å²) < 4.78 is 7.41. The molecule has 0 N–H and O–H groups in total. The summed E-state index contributed by atoms with van der Waals surface area (Å²) in [5.74, 6) is 0.897. The fraction of sp³-hybridized carbons (Fsp3) is 0.136. The summed E-state index contributed by atoms with van der Waals surface area (Å²) >= 11 is 9.82. The number of rotatable bonds is 2. The highest BCUT2D eigenvalue weighted by molar-refractivity contribution is 9.10. The minimum Gasteiger partial charge on any atom is -0.464 e. The van der Waals surface area contributed by atoms with Crippen LogP contribution in [0.1, 0.15) is 35.4 Å². The van der Waals surface area contributed by atoms with Gasteiger partial charge in [-0.3, -0.25) is 0 Å². The van der Waals surface area contributed by atoms with Crippen molar-refractivity contribution in [2.24, 2.45) is 5.10 Å². The van der Waals surface area contributed by atoms with Crippen molar-refractivity contribution >= 4 is 33.2 Å². The number of nitrogens with zero attached hydrogens (tertiary/aromatic N) is 2. The third kappa shape index (κ3) is 3.03. The Labute approximate surface area is 171 Å². The Hall–Kier alpha value is -2.30. The molecular weight excluding hydrogens is 424 g/mol. The minimum absolute atomic E-state index is 0.130. The molecule has 2 aliphatic rings. The van der Waals surface area contributed by atoms with Crippen molar-refractivity contribution in [1.82, 2.24) is 5.01 Å². The maximum Gasteiger partial charge on any atom is 0.213 e. The van der Waals surface area contributed by atoms with E-state index in [-0.39, 0.29) is 12.3 Å². The Morgan fingerprint density at radius 2 is 1.85 bits per heavy atom. The fourth-order valence-corrected chi connectivity index (χ4v) is 4.32. The highest BCUT2D eigenvalue weighted by Gasteiger charge is 2.41. The average Bonchev–Trinajstić information content (AvgIpc) is 3.14. The summed E-state index contributed by atoms with van der Waals surface area (Å²) in [7, 11) is 0. The normalized spacial score (nSPS) is 20.5. The lowest BCUT2D eigenvalue weighted by Crippen LogP contribution is -2.33. The molecule has 0 spiro atoms. The Morgan fingerprint density at radius 1 is 1.00 bits per heavy atom. The van der Waals surface area contributed by atoms with Crippen LogP contribution in [0.5, 0.6) is 5.75 Å². The Balaban J connectivity index is 1.62. The summed E-state index contributed by atoms with van der Waals surface area (Å²) in [6.45, 7) is 0. The van der Waals surface area contributed by atoms with Crippen LogP contribution in [0.2, 0.25) is 5.02 Å². The van der Waals surface area contributed by atoms with Crippen LogP contribution in [0, 0.1) is 0 Å². The summed E-state index contributed by atoms with van der Waals surface area (Å²) in [5.41, 5.74) is 4.37. The number of hydrogen-bond donors (Lipinski definition) is 0. The first-order chi connectivity index (χ1) is 13.2. The van der Waals surface area contributed by atoms with Crippen molar-refractivity contribution < 1.29 is 4.74 Å². The first kappa shape index (κ1) is 16.8. The molecule has 134 valence electrons. The van der Waals surface area contributed by atoms with Gasteiger partial charge in [0.25, 0.3) is 0 Å². The van der Waals surface area contributed by atoms with Gasteiger partial charge in [0.05, 0.1) is 11.8 Å². The SMILES string of the molecule is Clc1cccc([C@H]2Oc3ccc(Br)cc3[C@@H]3CC(c4ccccc4)=NN23)c1. The molecule has 0 aliphatic carbocycles. The second-order valence-corrected chi connectivity index (χ2v) is 8.07.